The van der Waals surface area contributed by atoms with Gasteiger partial charge in [-0.15, -0.1) is 0 Å². The van der Waals surface area contributed by atoms with Crippen LogP contribution in [0.5, 0.6) is 0 Å². The molecule has 0 aliphatic carbocycles. The number of carbonyl (C=O) groups is 3. The molecule has 2 aromatic heterocycles. The van der Waals surface area contributed by atoms with Crippen molar-refractivity contribution >= 4 is 40.3 Å². The second-order valence-electron chi connectivity index (χ2n) is 9.85. The molecular weight excluding hydrogens is 488 g/mol. The number of aliphatic imine (C=N–C) groups is 1. The van der Waals surface area contributed by atoms with Crippen LogP contribution in [0.15, 0.2) is 44.3 Å². The Hall–Kier alpha value is -4.15. The van der Waals surface area contributed by atoms with Crippen molar-refractivity contribution in [2.24, 2.45) is 4.99 Å². The standard InChI is InChI=1S/C27H32N6O5/c1-17-13-19-15-20(8-9-23(19)37-17)28-27(30-25(35)22-14-18(2)38-31-22)29-21-7-3-4-12-33(26(21)36)16-24(34)32-10-5-6-11-32/h8-9,13-15,21H,3-7,10-12,16H2,1-2H3,(H2,28,29,30,35)/t21-/m0/s1. The van der Waals surface area contributed by atoms with E-state index in [4.69, 9.17) is 8.94 Å². The smallest absolute Gasteiger partial charge is 0.280 e. The molecule has 1 aromatic carbocycles. The van der Waals surface area contributed by atoms with E-state index in [1.807, 2.05) is 36.1 Å². The van der Waals surface area contributed by atoms with Gasteiger partial charge in [0, 0.05) is 36.8 Å². The Kier molecular flexibility index (Phi) is 7.43. The average molecular weight is 521 g/mol. The third-order valence-electron chi connectivity index (χ3n) is 6.82. The van der Waals surface area contributed by atoms with Crippen LogP contribution in [-0.4, -0.2) is 70.9 Å². The number of fused-ring (bicyclic) bond motifs is 1. The first-order valence-corrected chi connectivity index (χ1v) is 13.0. The number of likely N-dealkylation sites (tertiary alicyclic amines) is 2. The van der Waals surface area contributed by atoms with E-state index in [1.165, 1.54) is 6.07 Å². The molecule has 0 spiro atoms. The maximum atomic E-state index is 13.5. The van der Waals surface area contributed by atoms with Crippen LogP contribution in [0, 0.1) is 13.8 Å². The SMILES string of the molecule is Cc1cc(C(=O)NC(=N[C@H]2CCCCN(CC(=O)N3CCCC3)C2=O)Nc2ccc3oc(C)cc3c2)no1. The van der Waals surface area contributed by atoms with Gasteiger partial charge in [-0.2, -0.15) is 0 Å². The predicted octanol–water partition coefficient (Wildman–Crippen LogP) is 3.24. The average Bonchev–Trinajstić information content (AvgIpc) is 3.63. The summed E-state index contributed by atoms with van der Waals surface area (Å²) >= 11 is 0. The normalized spacial score (nSPS) is 18.6. The van der Waals surface area contributed by atoms with E-state index >= 15 is 0 Å². The molecule has 0 radical (unpaired) electrons. The highest BCUT2D eigenvalue weighted by atomic mass is 16.5. The summed E-state index contributed by atoms with van der Waals surface area (Å²) in [5, 5.41) is 10.6. The van der Waals surface area contributed by atoms with Gasteiger partial charge in [-0.25, -0.2) is 4.99 Å². The molecule has 11 nitrogen and oxygen atoms in total. The minimum absolute atomic E-state index is 0.0303. The number of nitrogens with zero attached hydrogens (tertiary/aromatic N) is 4. The van der Waals surface area contributed by atoms with Crippen LogP contribution < -0.4 is 10.6 Å². The molecule has 5 rings (SSSR count). The Morgan fingerprint density at radius 1 is 1.05 bits per heavy atom. The van der Waals surface area contributed by atoms with E-state index in [0.29, 0.717) is 24.4 Å². The van der Waals surface area contributed by atoms with Gasteiger partial charge in [0.25, 0.3) is 5.91 Å². The van der Waals surface area contributed by atoms with E-state index < -0.39 is 11.9 Å². The number of hydrogen-bond acceptors (Lipinski definition) is 7. The monoisotopic (exact) mass is 520 g/mol. The van der Waals surface area contributed by atoms with Gasteiger partial charge in [0.15, 0.2) is 5.69 Å². The highest BCUT2D eigenvalue weighted by molar-refractivity contribution is 6.10. The lowest BCUT2D eigenvalue weighted by Crippen LogP contribution is -2.45. The summed E-state index contributed by atoms with van der Waals surface area (Å²) in [5.74, 6) is 0.629. The van der Waals surface area contributed by atoms with E-state index in [-0.39, 0.29) is 30.0 Å². The van der Waals surface area contributed by atoms with E-state index in [9.17, 15) is 14.4 Å². The third kappa shape index (κ3) is 5.87. The summed E-state index contributed by atoms with van der Waals surface area (Å²) < 4.78 is 10.7. The summed E-state index contributed by atoms with van der Waals surface area (Å²) in [6.07, 6.45) is 4.07. The molecule has 4 heterocycles. The van der Waals surface area contributed by atoms with Gasteiger partial charge in [-0.1, -0.05) is 5.16 Å². The molecule has 0 bridgehead atoms. The Morgan fingerprint density at radius 3 is 2.61 bits per heavy atom. The molecule has 2 aliphatic heterocycles. The Labute approximate surface area is 220 Å². The number of guanidine groups is 1. The summed E-state index contributed by atoms with van der Waals surface area (Å²) in [7, 11) is 0. The van der Waals surface area contributed by atoms with Gasteiger partial charge in [-0.05, 0) is 70.2 Å². The number of rotatable bonds is 5. The quantitative estimate of drug-likeness (QED) is 0.390. The molecule has 2 N–H and O–H groups in total. The van der Waals surface area contributed by atoms with E-state index in [1.54, 1.807) is 11.8 Å². The molecule has 11 heteroatoms. The van der Waals surface area contributed by atoms with Crippen molar-refractivity contribution in [1.82, 2.24) is 20.3 Å². The van der Waals surface area contributed by atoms with E-state index in [0.717, 1.165) is 55.5 Å². The molecule has 3 amide bonds. The lowest BCUT2D eigenvalue weighted by molar-refractivity contribution is -0.140. The molecule has 2 fully saturated rings. The van der Waals surface area contributed by atoms with Crippen LogP contribution in [-0.2, 0) is 9.59 Å². The number of hydrogen-bond donors (Lipinski definition) is 2. The fourth-order valence-corrected chi connectivity index (χ4v) is 4.88. The zero-order valence-electron chi connectivity index (χ0n) is 21.7. The largest absolute Gasteiger partial charge is 0.461 e. The Bertz CT molecular complexity index is 1370. The van der Waals surface area contributed by atoms with Crippen LogP contribution in [0.1, 0.15) is 54.1 Å². The summed E-state index contributed by atoms with van der Waals surface area (Å²) in [5.41, 5.74) is 1.50. The number of anilines is 1. The second-order valence-corrected chi connectivity index (χ2v) is 9.85. The number of amides is 3. The fraction of sp³-hybridized carbons (Fsp3) is 0.444. The van der Waals surface area contributed by atoms with Gasteiger partial charge in [-0.3, -0.25) is 19.7 Å². The number of carbonyl (C=O) groups excluding carboxylic acids is 3. The lowest BCUT2D eigenvalue weighted by Gasteiger charge is -2.25. The highest BCUT2D eigenvalue weighted by Gasteiger charge is 2.30. The first kappa shape index (κ1) is 25.5. The van der Waals surface area contributed by atoms with Crippen LogP contribution in [0.2, 0.25) is 0 Å². The summed E-state index contributed by atoms with van der Waals surface area (Å²) in [6, 6.07) is 8.21. The van der Waals surface area contributed by atoms with Crippen molar-refractivity contribution in [3.63, 3.8) is 0 Å². The number of aromatic nitrogens is 1. The second kappa shape index (κ2) is 11.1. The zero-order chi connectivity index (χ0) is 26.6. The van der Waals surface area contributed by atoms with Gasteiger partial charge in [0.1, 0.15) is 23.1 Å². The minimum Gasteiger partial charge on any atom is -0.461 e. The molecule has 200 valence electrons. The summed E-state index contributed by atoms with van der Waals surface area (Å²) in [4.78, 5) is 47.2. The molecule has 2 saturated heterocycles. The first-order chi connectivity index (χ1) is 18.4. The van der Waals surface area contributed by atoms with Crippen molar-refractivity contribution in [2.75, 3.05) is 31.5 Å². The lowest BCUT2D eigenvalue weighted by atomic mass is 10.1. The number of nitrogens with one attached hydrogen (secondary N) is 2. The van der Waals surface area contributed by atoms with Crippen LogP contribution in [0.4, 0.5) is 5.69 Å². The topological polar surface area (TPSA) is 133 Å². The number of furan rings is 1. The number of benzene rings is 1. The van der Waals surface area contributed by atoms with Crippen molar-refractivity contribution in [3.8, 4) is 0 Å². The van der Waals surface area contributed by atoms with Gasteiger partial charge in [0.05, 0.1) is 6.54 Å². The maximum absolute atomic E-state index is 13.5. The Balaban J connectivity index is 1.39. The third-order valence-corrected chi connectivity index (χ3v) is 6.82. The molecule has 38 heavy (non-hydrogen) atoms. The molecule has 3 aromatic rings. The molecule has 0 unspecified atom stereocenters. The van der Waals surface area contributed by atoms with Gasteiger partial charge >= 0.3 is 0 Å². The molecule has 2 aliphatic rings. The van der Waals surface area contributed by atoms with Gasteiger partial charge < -0.3 is 24.1 Å². The minimum atomic E-state index is -0.745. The van der Waals surface area contributed by atoms with Crippen molar-refractivity contribution < 1.29 is 23.3 Å². The highest BCUT2D eigenvalue weighted by Crippen LogP contribution is 2.23. The van der Waals surface area contributed by atoms with Crippen LogP contribution >= 0.6 is 0 Å². The van der Waals surface area contributed by atoms with Gasteiger partial charge in [0.2, 0.25) is 17.8 Å². The fourth-order valence-electron chi connectivity index (χ4n) is 4.88. The molecule has 1 atom stereocenters. The maximum Gasteiger partial charge on any atom is 0.280 e. The van der Waals surface area contributed by atoms with Crippen LogP contribution in [0.25, 0.3) is 11.0 Å². The molecule has 0 saturated carbocycles. The summed E-state index contributed by atoms with van der Waals surface area (Å²) in [6.45, 7) is 5.61. The van der Waals surface area contributed by atoms with Crippen LogP contribution in [0.3, 0.4) is 0 Å². The Morgan fingerprint density at radius 2 is 1.84 bits per heavy atom. The predicted molar refractivity (Wildman–Crippen MR) is 141 cm³/mol. The zero-order valence-corrected chi connectivity index (χ0v) is 21.7. The van der Waals surface area contributed by atoms with E-state index in [2.05, 4.69) is 20.8 Å². The van der Waals surface area contributed by atoms with Crippen molar-refractivity contribution in [1.29, 1.82) is 0 Å². The molecular formula is C27H32N6O5. The number of aryl methyl sites for hydroxylation is 2. The van der Waals surface area contributed by atoms with Crippen molar-refractivity contribution in [2.45, 2.75) is 52.0 Å². The van der Waals surface area contributed by atoms with Crippen molar-refractivity contribution in [3.05, 3.63) is 47.5 Å². The first-order valence-electron chi connectivity index (χ1n) is 13.0.